The van der Waals surface area contributed by atoms with Crippen LogP contribution >= 0.6 is 0 Å². The first-order valence-corrected chi connectivity index (χ1v) is 10.4. The van der Waals surface area contributed by atoms with Crippen LogP contribution < -0.4 is 4.90 Å². The van der Waals surface area contributed by atoms with Crippen LogP contribution in [0.3, 0.4) is 0 Å². The predicted octanol–water partition coefficient (Wildman–Crippen LogP) is 5.17. The maximum Gasteiger partial charge on any atom is 0.0369 e. The molecule has 2 nitrogen and oxygen atoms in total. The van der Waals surface area contributed by atoms with E-state index < -0.39 is 0 Å². The van der Waals surface area contributed by atoms with Gasteiger partial charge in [0.25, 0.3) is 0 Å². The molecule has 0 saturated carbocycles. The molecule has 1 unspecified atom stereocenters. The molecular formula is C24H34N2. The van der Waals surface area contributed by atoms with Crippen molar-refractivity contribution in [1.29, 1.82) is 0 Å². The lowest BCUT2D eigenvalue weighted by Gasteiger charge is -2.38. The lowest BCUT2D eigenvalue weighted by molar-refractivity contribution is 0.276. The molecule has 1 aliphatic carbocycles. The zero-order valence-corrected chi connectivity index (χ0v) is 16.5. The smallest absolute Gasteiger partial charge is 0.0369 e. The van der Waals surface area contributed by atoms with Gasteiger partial charge in [0, 0.05) is 24.8 Å². The van der Waals surface area contributed by atoms with Crippen molar-refractivity contribution in [3.05, 3.63) is 65.7 Å². The molecule has 0 aliphatic heterocycles. The average molecular weight is 351 g/mol. The van der Waals surface area contributed by atoms with Gasteiger partial charge in [0.1, 0.15) is 0 Å². The molecule has 1 atom stereocenters. The van der Waals surface area contributed by atoms with Gasteiger partial charge >= 0.3 is 0 Å². The summed E-state index contributed by atoms with van der Waals surface area (Å²) in [5.41, 5.74) is 4.48. The molecule has 0 bridgehead atoms. The molecule has 3 rings (SSSR count). The molecular weight excluding hydrogens is 316 g/mol. The van der Waals surface area contributed by atoms with Crippen molar-refractivity contribution in [3.63, 3.8) is 0 Å². The second kappa shape index (κ2) is 9.78. The third-order valence-corrected chi connectivity index (χ3v) is 5.59. The Bertz CT molecular complexity index is 646. The summed E-state index contributed by atoms with van der Waals surface area (Å²) in [7, 11) is 0. The van der Waals surface area contributed by atoms with E-state index in [4.69, 9.17) is 0 Å². The van der Waals surface area contributed by atoms with Crippen molar-refractivity contribution < 1.29 is 0 Å². The van der Waals surface area contributed by atoms with Crippen molar-refractivity contribution in [1.82, 2.24) is 4.90 Å². The summed E-state index contributed by atoms with van der Waals surface area (Å²) < 4.78 is 0. The largest absolute Gasteiger partial charge is 0.367 e. The number of hydrogen-bond acceptors (Lipinski definition) is 2. The molecule has 0 heterocycles. The second-order valence-corrected chi connectivity index (χ2v) is 7.54. The molecule has 0 aromatic heterocycles. The molecule has 0 fully saturated rings. The SMILES string of the molecule is CCCN(CCC)CCN(c1ccccc1)C1CCc2ccccc2C1. The highest BCUT2D eigenvalue weighted by atomic mass is 15.2. The number of hydrogen-bond donors (Lipinski definition) is 0. The summed E-state index contributed by atoms with van der Waals surface area (Å²) >= 11 is 0. The Morgan fingerprint density at radius 1 is 0.769 bits per heavy atom. The van der Waals surface area contributed by atoms with Crippen molar-refractivity contribution in [2.75, 3.05) is 31.1 Å². The van der Waals surface area contributed by atoms with Gasteiger partial charge < -0.3 is 9.80 Å². The van der Waals surface area contributed by atoms with E-state index in [-0.39, 0.29) is 0 Å². The number of fused-ring (bicyclic) bond motifs is 1. The van der Waals surface area contributed by atoms with E-state index in [2.05, 4.69) is 78.2 Å². The van der Waals surface area contributed by atoms with Crippen LogP contribution in [0.15, 0.2) is 54.6 Å². The number of nitrogens with zero attached hydrogens (tertiary/aromatic N) is 2. The Labute approximate surface area is 159 Å². The molecule has 0 radical (unpaired) electrons. The standard InChI is InChI=1S/C24H34N2/c1-3-16-25(17-4-2)18-19-26(23-12-6-5-7-13-23)24-15-14-21-10-8-9-11-22(21)20-24/h5-13,24H,3-4,14-20H2,1-2H3. The zero-order chi connectivity index (χ0) is 18.2. The Balaban J connectivity index is 1.74. The topological polar surface area (TPSA) is 6.48 Å². The average Bonchev–Trinajstić information content (AvgIpc) is 2.69. The van der Waals surface area contributed by atoms with Crippen LogP contribution in [0.5, 0.6) is 0 Å². The molecule has 1 aliphatic rings. The van der Waals surface area contributed by atoms with Gasteiger partial charge in [0.05, 0.1) is 0 Å². The molecule has 26 heavy (non-hydrogen) atoms. The number of anilines is 1. The second-order valence-electron chi connectivity index (χ2n) is 7.54. The van der Waals surface area contributed by atoms with Crippen LogP contribution in [0.2, 0.25) is 0 Å². The molecule has 0 N–H and O–H groups in total. The number of aryl methyl sites for hydroxylation is 1. The third kappa shape index (κ3) is 4.88. The van der Waals surface area contributed by atoms with Crippen LogP contribution in [0, 0.1) is 0 Å². The van der Waals surface area contributed by atoms with E-state index in [0.29, 0.717) is 6.04 Å². The maximum atomic E-state index is 2.67. The fourth-order valence-corrected chi connectivity index (χ4v) is 4.30. The highest BCUT2D eigenvalue weighted by Crippen LogP contribution is 2.28. The normalized spacial score (nSPS) is 16.5. The van der Waals surface area contributed by atoms with Crippen LogP contribution in [0.4, 0.5) is 5.69 Å². The molecule has 2 aromatic rings. The lowest BCUT2D eigenvalue weighted by Crippen LogP contribution is -2.44. The van der Waals surface area contributed by atoms with E-state index in [9.17, 15) is 0 Å². The van der Waals surface area contributed by atoms with Crippen molar-refractivity contribution >= 4 is 5.69 Å². The first-order chi connectivity index (χ1) is 12.8. The summed E-state index contributed by atoms with van der Waals surface area (Å²) in [6.45, 7) is 9.28. The molecule has 0 spiro atoms. The minimum atomic E-state index is 0.609. The van der Waals surface area contributed by atoms with Gasteiger partial charge in [-0.2, -0.15) is 0 Å². The predicted molar refractivity (Wildman–Crippen MR) is 113 cm³/mol. The number of para-hydroxylation sites is 1. The zero-order valence-electron chi connectivity index (χ0n) is 16.5. The fraction of sp³-hybridized carbons (Fsp3) is 0.500. The number of benzene rings is 2. The summed E-state index contributed by atoms with van der Waals surface area (Å²) in [6.07, 6.45) is 6.11. The van der Waals surface area contributed by atoms with E-state index in [0.717, 1.165) is 13.1 Å². The van der Waals surface area contributed by atoms with Crippen LogP contribution in [0.25, 0.3) is 0 Å². The molecule has 2 heteroatoms. The molecule has 140 valence electrons. The van der Waals surface area contributed by atoms with Gasteiger partial charge in [0.15, 0.2) is 0 Å². The van der Waals surface area contributed by atoms with Crippen LogP contribution in [0.1, 0.15) is 44.2 Å². The van der Waals surface area contributed by atoms with E-state index in [1.165, 1.54) is 50.9 Å². The van der Waals surface area contributed by atoms with E-state index in [1.54, 1.807) is 11.1 Å². The highest BCUT2D eigenvalue weighted by Gasteiger charge is 2.24. The Morgan fingerprint density at radius 2 is 1.42 bits per heavy atom. The first-order valence-electron chi connectivity index (χ1n) is 10.4. The third-order valence-electron chi connectivity index (χ3n) is 5.59. The van der Waals surface area contributed by atoms with Gasteiger partial charge in [0.2, 0.25) is 0 Å². The summed E-state index contributed by atoms with van der Waals surface area (Å²) in [6, 6.07) is 20.7. The van der Waals surface area contributed by atoms with Crippen LogP contribution in [-0.2, 0) is 12.8 Å². The van der Waals surface area contributed by atoms with Crippen LogP contribution in [-0.4, -0.2) is 37.1 Å². The number of rotatable bonds is 9. The molecule has 0 saturated heterocycles. The first kappa shape index (κ1) is 19.0. The van der Waals surface area contributed by atoms with Gasteiger partial charge in [-0.25, -0.2) is 0 Å². The van der Waals surface area contributed by atoms with Crippen molar-refractivity contribution in [3.8, 4) is 0 Å². The maximum absolute atomic E-state index is 2.67. The monoisotopic (exact) mass is 350 g/mol. The quantitative estimate of drug-likeness (QED) is 0.615. The Hall–Kier alpha value is -1.80. The Kier molecular flexibility index (Phi) is 7.13. The van der Waals surface area contributed by atoms with E-state index in [1.807, 2.05) is 0 Å². The minimum absolute atomic E-state index is 0.609. The van der Waals surface area contributed by atoms with Gasteiger partial charge in [-0.15, -0.1) is 0 Å². The lowest BCUT2D eigenvalue weighted by atomic mass is 9.87. The fourth-order valence-electron chi connectivity index (χ4n) is 4.30. The molecule has 0 amide bonds. The molecule has 2 aromatic carbocycles. The van der Waals surface area contributed by atoms with Crippen molar-refractivity contribution in [2.24, 2.45) is 0 Å². The van der Waals surface area contributed by atoms with Crippen molar-refractivity contribution in [2.45, 2.75) is 52.0 Å². The van der Waals surface area contributed by atoms with Gasteiger partial charge in [-0.1, -0.05) is 56.3 Å². The summed E-state index contributed by atoms with van der Waals surface area (Å²) in [5.74, 6) is 0. The summed E-state index contributed by atoms with van der Waals surface area (Å²) in [5, 5.41) is 0. The summed E-state index contributed by atoms with van der Waals surface area (Å²) in [4.78, 5) is 5.31. The minimum Gasteiger partial charge on any atom is -0.367 e. The highest BCUT2D eigenvalue weighted by molar-refractivity contribution is 5.48. The van der Waals surface area contributed by atoms with Gasteiger partial charge in [-0.3, -0.25) is 0 Å². The Morgan fingerprint density at radius 3 is 2.12 bits per heavy atom. The van der Waals surface area contributed by atoms with Gasteiger partial charge in [-0.05, 0) is 68.5 Å². The van der Waals surface area contributed by atoms with E-state index >= 15 is 0 Å².